The van der Waals surface area contributed by atoms with Gasteiger partial charge in [-0.25, -0.2) is 0 Å². The molecule has 2 aliphatic rings. The van der Waals surface area contributed by atoms with E-state index in [1.165, 1.54) is 4.90 Å². The fraction of sp³-hybridized carbons (Fsp3) is 0.429. The van der Waals surface area contributed by atoms with Crippen molar-refractivity contribution in [3.63, 3.8) is 0 Å². The van der Waals surface area contributed by atoms with Gasteiger partial charge in [0.2, 0.25) is 5.91 Å². The van der Waals surface area contributed by atoms with E-state index in [1.807, 2.05) is 18.2 Å². The average Bonchev–Trinajstić information content (AvgIpc) is 2.75. The van der Waals surface area contributed by atoms with Gasteiger partial charge in [0.25, 0.3) is 0 Å². The number of hydrogen-bond donors (Lipinski definition) is 1. The molecule has 106 valence electrons. The zero-order valence-electron chi connectivity index (χ0n) is 11.0. The highest BCUT2D eigenvalue weighted by Gasteiger charge is 2.29. The number of carboxylic acid groups (broad SMARTS) is 1. The summed E-state index contributed by atoms with van der Waals surface area (Å²) in [5.41, 5.74) is 2.63. The number of amides is 1. The summed E-state index contributed by atoms with van der Waals surface area (Å²) in [4.78, 5) is 26.3. The fourth-order valence-corrected chi connectivity index (χ4v) is 2.67. The Balaban J connectivity index is 1.89. The van der Waals surface area contributed by atoms with E-state index in [4.69, 9.17) is 9.84 Å². The maximum absolute atomic E-state index is 11.9. The van der Waals surface area contributed by atoms with Gasteiger partial charge in [-0.15, -0.1) is 0 Å². The summed E-state index contributed by atoms with van der Waals surface area (Å²) in [6.07, 6.45) is 0.284. The number of aliphatic carboxylic acids is 1. The third-order valence-electron chi connectivity index (χ3n) is 3.67. The molecule has 20 heavy (non-hydrogen) atoms. The first-order valence-corrected chi connectivity index (χ1v) is 6.63. The number of nitrogens with zero attached hydrogens (tertiary/aromatic N) is 2. The van der Waals surface area contributed by atoms with Crippen molar-refractivity contribution >= 4 is 23.3 Å². The van der Waals surface area contributed by atoms with Gasteiger partial charge in [-0.2, -0.15) is 0 Å². The van der Waals surface area contributed by atoms with Crippen LogP contribution < -0.4 is 9.80 Å². The van der Waals surface area contributed by atoms with Crippen molar-refractivity contribution in [2.75, 3.05) is 42.6 Å². The number of carbonyl (C=O) groups is 2. The topological polar surface area (TPSA) is 70.1 Å². The lowest BCUT2D eigenvalue weighted by Crippen LogP contribution is -2.36. The highest BCUT2D eigenvalue weighted by molar-refractivity contribution is 6.04. The van der Waals surface area contributed by atoms with E-state index >= 15 is 0 Å². The number of carboxylic acids is 1. The lowest BCUT2D eigenvalue weighted by atomic mass is 10.1. The molecule has 2 aliphatic heterocycles. The minimum Gasteiger partial charge on any atom is -0.480 e. The summed E-state index contributed by atoms with van der Waals surface area (Å²) >= 11 is 0. The van der Waals surface area contributed by atoms with Gasteiger partial charge in [-0.1, -0.05) is 6.07 Å². The molecule has 0 saturated carbocycles. The zero-order valence-corrected chi connectivity index (χ0v) is 11.0. The van der Waals surface area contributed by atoms with E-state index in [0.29, 0.717) is 13.2 Å². The van der Waals surface area contributed by atoms with Crippen LogP contribution >= 0.6 is 0 Å². The average molecular weight is 276 g/mol. The molecule has 1 amide bonds. The van der Waals surface area contributed by atoms with Gasteiger partial charge in [0, 0.05) is 18.8 Å². The van der Waals surface area contributed by atoms with Crippen LogP contribution in [0, 0.1) is 0 Å². The highest BCUT2D eigenvalue weighted by atomic mass is 16.5. The molecular formula is C14H16N2O4. The Hall–Kier alpha value is -2.08. The molecule has 1 N–H and O–H groups in total. The largest absolute Gasteiger partial charge is 0.480 e. The van der Waals surface area contributed by atoms with Crippen molar-refractivity contribution in [1.82, 2.24) is 0 Å². The molecule has 0 radical (unpaired) electrons. The first-order chi connectivity index (χ1) is 9.65. The quantitative estimate of drug-likeness (QED) is 0.870. The Morgan fingerprint density at radius 3 is 2.75 bits per heavy atom. The van der Waals surface area contributed by atoms with E-state index in [9.17, 15) is 9.59 Å². The predicted octanol–water partition coefficient (Wildman–Crippen LogP) is 0.497. The third-order valence-corrected chi connectivity index (χ3v) is 3.67. The fourth-order valence-electron chi connectivity index (χ4n) is 2.67. The Bertz CT molecular complexity index is 552. The summed E-state index contributed by atoms with van der Waals surface area (Å²) in [6, 6.07) is 5.82. The minimum absolute atomic E-state index is 0.151. The van der Waals surface area contributed by atoms with E-state index in [-0.39, 0.29) is 18.9 Å². The number of hydrogen-bond acceptors (Lipinski definition) is 4. The van der Waals surface area contributed by atoms with Gasteiger partial charge in [0.1, 0.15) is 6.54 Å². The maximum Gasteiger partial charge on any atom is 0.323 e. The molecule has 1 saturated heterocycles. The third kappa shape index (κ3) is 2.34. The second-order valence-corrected chi connectivity index (χ2v) is 4.96. The van der Waals surface area contributed by atoms with Crippen LogP contribution in [0.15, 0.2) is 18.2 Å². The summed E-state index contributed by atoms with van der Waals surface area (Å²) in [5, 5.41) is 8.91. The standard InChI is InChI=1S/C14H16N2O4/c17-13-7-10-1-2-11(15-3-5-20-6-4-15)8-12(10)16(13)9-14(18)19/h1-2,8H,3-7,9H2,(H,18,19). The molecular weight excluding hydrogens is 260 g/mol. The molecule has 0 unspecified atom stereocenters. The molecule has 0 bridgehead atoms. The molecule has 6 heteroatoms. The maximum atomic E-state index is 11.9. The van der Waals surface area contributed by atoms with Crippen molar-refractivity contribution in [1.29, 1.82) is 0 Å². The van der Waals surface area contributed by atoms with E-state index in [1.54, 1.807) is 0 Å². The molecule has 0 spiro atoms. The molecule has 1 aromatic carbocycles. The molecule has 0 aliphatic carbocycles. The van der Waals surface area contributed by atoms with Crippen LogP contribution in [0.4, 0.5) is 11.4 Å². The normalized spacial score (nSPS) is 18.3. The Kier molecular flexibility index (Phi) is 3.31. The number of anilines is 2. The van der Waals surface area contributed by atoms with Gasteiger partial charge < -0.3 is 19.6 Å². The molecule has 0 aromatic heterocycles. The van der Waals surface area contributed by atoms with Crippen LogP contribution in [-0.2, 0) is 20.7 Å². The Labute approximate surface area is 116 Å². The lowest BCUT2D eigenvalue weighted by Gasteiger charge is -2.29. The summed E-state index contributed by atoms with van der Waals surface area (Å²) < 4.78 is 5.32. The lowest BCUT2D eigenvalue weighted by molar-refractivity contribution is -0.136. The zero-order chi connectivity index (χ0) is 14.1. The number of rotatable bonds is 3. The Morgan fingerprint density at radius 2 is 2.05 bits per heavy atom. The van der Waals surface area contributed by atoms with Crippen LogP contribution in [0.5, 0.6) is 0 Å². The Morgan fingerprint density at radius 1 is 1.30 bits per heavy atom. The summed E-state index contributed by atoms with van der Waals surface area (Å²) in [7, 11) is 0. The van der Waals surface area contributed by atoms with Crippen LogP contribution in [-0.4, -0.2) is 49.8 Å². The van der Waals surface area contributed by atoms with E-state index < -0.39 is 5.97 Å². The number of fused-ring (bicyclic) bond motifs is 1. The van der Waals surface area contributed by atoms with Crippen LogP contribution in [0.2, 0.25) is 0 Å². The van der Waals surface area contributed by atoms with Gasteiger partial charge in [-0.05, 0) is 17.7 Å². The van der Waals surface area contributed by atoms with Gasteiger partial charge in [0.05, 0.1) is 25.3 Å². The van der Waals surface area contributed by atoms with Gasteiger partial charge >= 0.3 is 5.97 Å². The summed E-state index contributed by atoms with van der Waals surface area (Å²) in [5.74, 6) is -1.15. The van der Waals surface area contributed by atoms with Crippen LogP contribution in [0.1, 0.15) is 5.56 Å². The van der Waals surface area contributed by atoms with Gasteiger partial charge in [0.15, 0.2) is 0 Å². The molecule has 2 heterocycles. The molecule has 1 fully saturated rings. The molecule has 0 atom stereocenters. The van der Waals surface area contributed by atoms with Crippen molar-refractivity contribution in [3.8, 4) is 0 Å². The first-order valence-electron chi connectivity index (χ1n) is 6.63. The highest BCUT2D eigenvalue weighted by Crippen LogP contribution is 2.32. The van der Waals surface area contributed by atoms with Crippen molar-refractivity contribution < 1.29 is 19.4 Å². The van der Waals surface area contributed by atoms with Crippen molar-refractivity contribution in [3.05, 3.63) is 23.8 Å². The van der Waals surface area contributed by atoms with E-state index in [2.05, 4.69) is 4.90 Å². The number of ether oxygens (including phenoxy) is 1. The van der Waals surface area contributed by atoms with E-state index in [0.717, 1.165) is 30.0 Å². The van der Waals surface area contributed by atoms with Gasteiger partial charge in [-0.3, -0.25) is 9.59 Å². The smallest absolute Gasteiger partial charge is 0.323 e. The summed E-state index contributed by atoms with van der Waals surface area (Å²) in [6.45, 7) is 2.72. The number of carbonyl (C=O) groups excluding carboxylic acids is 1. The SMILES string of the molecule is O=C(O)CN1C(=O)Cc2ccc(N3CCOCC3)cc21. The second kappa shape index (κ2) is 5.13. The second-order valence-electron chi connectivity index (χ2n) is 4.96. The minimum atomic E-state index is -0.997. The van der Waals surface area contributed by atoms with Crippen LogP contribution in [0.25, 0.3) is 0 Å². The van der Waals surface area contributed by atoms with Crippen LogP contribution in [0.3, 0.4) is 0 Å². The van der Waals surface area contributed by atoms with Crippen molar-refractivity contribution in [2.24, 2.45) is 0 Å². The predicted molar refractivity (Wildman–Crippen MR) is 73.2 cm³/mol. The molecule has 3 rings (SSSR count). The molecule has 1 aromatic rings. The first kappa shape index (κ1) is 12.9. The van der Waals surface area contributed by atoms with Crippen molar-refractivity contribution in [2.45, 2.75) is 6.42 Å². The number of benzene rings is 1. The monoisotopic (exact) mass is 276 g/mol. The number of morpholine rings is 1. The molecule has 6 nitrogen and oxygen atoms in total.